The largest absolute Gasteiger partial charge is 0.502 e. The van der Waals surface area contributed by atoms with Crippen molar-refractivity contribution in [1.82, 2.24) is 4.90 Å². The Bertz CT molecular complexity index is 580. The first-order valence-electron chi connectivity index (χ1n) is 6.69. The van der Waals surface area contributed by atoms with E-state index in [1.54, 1.807) is 0 Å². The average Bonchev–Trinajstić information content (AvgIpc) is 2.68. The van der Waals surface area contributed by atoms with Gasteiger partial charge in [-0.15, -0.1) is 0 Å². The SMILES string of the molecule is CCOCCCN1C(=O)C(O)=C(c2ccc(F)cc2)C1=O. The maximum atomic E-state index is 12.9. The molecule has 21 heavy (non-hydrogen) atoms. The summed E-state index contributed by atoms with van der Waals surface area (Å²) in [5, 5.41) is 9.87. The Morgan fingerprint density at radius 2 is 1.86 bits per heavy atom. The molecule has 0 unspecified atom stereocenters. The van der Waals surface area contributed by atoms with Gasteiger partial charge in [-0.25, -0.2) is 4.39 Å². The van der Waals surface area contributed by atoms with Crippen molar-refractivity contribution >= 4 is 17.4 Å². The molecule has 1 aliphatic rings. The van der Waals surface area contributed by atoms with Gasteiger partial charge in [-0.2, -0.15) is 0 Å². The molecular formula is C15H16FNO4. The highest BCUT2D eigenvalue weighted by atomic mass is 19.1. The van der Waals surface area contributed by atoms with Crippen molar-refractivity contribution in [3.05, 3.63) is 41.4 Å². The number of hydrogen-bond acceptors (Lipinski definition) is 4. The summed E-state index contributed by atoms with van der Waals surface area (Å²) in [5.41, 5.74) is 0.232. The van der Waals surface area contributed by atoms with Crippen LogP contribution in [0.1, 0.15) is 18.9 Å². The van der Waals surface area contributed by atoms with Crippen molar-refractivity contribution in [2.24, 2.45) is 0 Å². The number of carbonyl (C=O) groups excluding carboxylic acids is 2. The molecule has 0 saturated carbocycles. The third kappa shape index (κ3) is 3.11. The second-order valence-electron chi connectivity index (χ2n) is 4.54. The number of imide groups is 1. The molecule has 5 nitrogen and oxygen atoms in total. The van der Waals surface area contributed by atoms with Crippen LogP contribution in [-0.4, -0.2) is 41.6 Å². The Kier molecular flexibility index (Phi) is 4.70. The Hall–Kier alpha value is -2.21. The minimum Gasteiger partial charge on any atom is -0.502 e. The van der Waals surface area contributed by atoms with Crippen LogP contribution in [0.15, 0.2) is 30.0 Å². The van der Waals surface area contributed by atoms with Gasteiger partial charge in [0.15, 0.2) is 5.76 Å². The van der Waals surface area contributed by atoms with Crippen molar-refractivity contribution in [3.63, 3.8) is 0 Å². The summed E-state index contributed by atoms with van der Waals surface area (Å²) in [5.74, 6) is -2.34. The molecule has 6 heteroatoms. The number of carbonyl (C=O) groups is 2. The van der Waals surface area contributed by atoms with Crippen LogP contribution in [0.5, 0.6) is 0 Å². The van der Waals surface area contributed by atoms with Crippen LogP contribution in [0.2, 0.25) is 0 Å². The van der Waals surface area contributed by atoms with Crippen molar-refractivity contribution in [1.29, 1.82) is 0 Å². The molecule has 1 heterocycles. The molecule has 0 aliphatic carbocycles. The van der Waals surface area contributed by atoms with Crippen molar-refractivity contribution in [2.75, 3.05) is 19.8 Å². The van der Waals surface area contributed by atoms with Gasteiger partial charge in [0.2, 0.25) is 0 Å². The van der Waals surface area contributed by atoms with E-state index in [9.17, 15) is 19.1 Å². The van der Waals surface area contributed by atoms with Gasteiger partial charge in [-0.1, -0.05) is 12.1 Å². The van der Waals surface area contributed by atoms with Crippen LogP contribution in [0.4, 0.5) is 4.39 Å². The van der Waals surface area contributed by atoms with E-state index in [4.69, 9.17) is 4.74 Å². The molecule has 0 saturated heterocycles. The lowest BCUT2D eigenvalue weighted by atomic mass is 10.1. The molecule has 0 atom stereocenters. The molecule has 2 amide bonds. The lowest BCUT2D eigenvalue weighted by Crippen LogP contribution is -2.33. The fourth-order valence-corrected chi connectivity index (χ4v) is 2.11. The summed E-state index contributed by atoms with van der Waals surface area (Å²) in [6.07, 6.45) is 0.495. The van der Waals surface area contributed by atoms with E-state index in [0.717, 1.165) is 4.90 Å². The van der Waals surface area contributed by atoms with Crippen molar-refractivity contribution in [2.45, 2.75) is 13.3 Å². The molecule has 0 fully saturated rings. The zero-order valence-corrected chi connectivity index (χ0v) is 11.6. The second-order valence-corrected chi connectivity index (χ2v) is 4.54. The Balaban J connectivity index is 2.14. The molecule has 112 valence electrons. The van der Waals surface area contributed by atoms with Gasteiger partial charge in [-0.3, -0.25) is 14.5 Å². The maximum Gasteiger partial charge on any atom is 0.296 e. The van der Waals surface area contributed by atoms with E-state index in [2.05, 4.69) is 0 Å². The zero-order valence-electron chi connectivity index (χ0n) is 11.6. The highest BCUT2D eigenvalue weighted by Crippen LogP contribution is 2.28. The first-order valence-corrected chi connectivity index (χ1v) is 6.69. The van der Waals surface area contributed by atoms with E-state index >= 15 is 0 Å². The molecule has 0 radical (unpaired) electrons. The monoisotopic (exact) mass is 293 g/mol. The molecular weight excluding hydrogens is 277 g/mol. The second kappa shape index (κ2) is 6.49. The number of amides is 2. The quantitative estimate of drug-likeness (QED) is 0.642. The van der Waals surface area contributed by atoms with Gasteiger partial charge in [0.1, 0.15) is 5.82 Å². The van der Waals surface area contributed by atoms with E-state index in [1.165, 1.54) is 24.3 Å². The van der Waals surface area contributed by atoms with E-state index in [1.807, 2.05) is 6.92 Å². The summed E-state index contributed by atoms with van der Waals surface area (Å²) in [6.45, 7) is 3.02. The van der Waals surface area contributed by atoms with Crippen LogP contribution in [0.3, 0.4) is 0 Å². The standard InChI is InChI=1S/C15H16FNO4/c1-2-21-9-3-8-17-14(19)12(13(18)15(17)20)10-4-6-11(16)7-5-10/h4-7,18H,2-3,8-9H2,1H3. The van der Waals surface area contributed by atoms with E-state index in [-0.39, 0.29) is 12.1 Å². The van der Waals surface area contributed by atoms with Gasteiger partial charge >= 0.3 is 0 Å². The third-order valence-electron chi connectivity index (χ3n) is 3.15. The van der Waals surface area contributed by atoms with Crippen LogP contribution < -0.4 is 0 Å². The zero-order chi connectivity index (χ0) is 15.4. The van der Waals surface area contributed by atoms with Crippen LogP contribution in [0.25, 0.3) is 5.57 Å². The number of benzene rings is 1. The topological polar surface area (TPSA) is 66.8 Å². The normalized spacial score (nSPS) is 15.2. The molecule has 0 spiro atoms. The summed E-state index contributed by atoms with van der Waals surface area (Å²) < 4.78 is 18.1. The number of nitrogens with zero attached hydrogens (tertiary/aromatic N) is 1. The van der Waals surface area contributed by atoms with Gasteiger partial charge in [0, 0.05) is 19.8 Å². The molecule has 1 aromatic carbocycles. The van der Waals surface area contributed by atoms with Gasteiger partial charge in [0.05, 0.1) is 5.57 Å². The minimum absolute atomic E-state index is 0.0867. The number of aliphatic hydroxyl groups is 1. The number of rotatable bonds is 6. The number of aliphatic hydroxyl groups excluding tert-OH is 1. The van der Waals surface area contributed by atoms with Gasteiger partial charge < -0.3 is 9.84 Å². The predicted octanol–water partition coefficient (Wildman–Crippen LogP) is 1.89. The number of hydrogen-bond donors (Lipinski definition) is 1. The fraction of sp³-hybridized carbons (Fsp3) is 0.333. The first-order chi connectivity index (χ1) is 10.1. The summed E-state index contributed by atoms with van der Waals surface area (Å²) in [7, 11) is 0. The molecule has 2 rings (SSSR count). The number of ether oxygens (including phenoxy) is 1. The smallest absolute Gasteiger partial charge is 0.296 e. The molecule has 1 aromatic rings. The summed E-state index contributed by atoms with van der Waals surface area (Å²) in [6, 6.07) is 5.06. The van der Waals surface area contributed by atoms with E-state index < -0.39 is 23.4 Å². The molecule has 1 N–H and O–H groups in total. The third-order valence-corrected chi connectivity index (χ3v) is 3.15. The molecule has 0 bridgehead atoms. The fourth-order valence-electron chi connectivity index (χ4n) is 2.11. The summed E-state index contributed by atoms with van der Waals surface area (Å²) >= 11 is 0. The lowest BCUT2D eigenvalue weighted by Gasteiger charge is -2.14. The van der Waals surface area contributed by atoms with Gasteiger partial charge in [0.25, 0.3) is 11.8 Å². The Morgan fingerprint density at radius 1 is 1.19 bits per heavy atom. The highest BCUT2D eigenvalue weighted by Gasteiger charge is 2.38. The minimum atomic E-state index is -0.726. The predicted molar refractivity (Wildman–Crippen MR) is 73.8 cm³/mol. The highest BCUT2D eigenvalue weighted by molar-refractivity contribution is 6.34. The van der Waals surface area contributed by atoms with E-state index in [0.29, 0.717) is 25.2 Å². The Labute approximate surface area is 121 Å². The molecule has 0 aromatic heterocycles. The Morgan fingerprint density at radius 3 is 2.48 bits per heavy atom. The van der Waals surface area contributed by atoms with Crippen molar-refractivity contribution in [3.8, 4) is 0 Å². The van der Waals surface area contributed by atoms with Crippen LogP contribution >= 0.6 is 0 Å². The summed E-state index contributed by atoms with van der Waals surface area (Å²) in [4.78, 5) is 25.1. The van der Waals surface area contributed by atoms with Crippen LogP contribution in [0, 0.1) is 5.82 Å². The average molecular weight is 293 g/mol. The lowest BCUT2D eigenvalue weighted by molar-refractivity contribution is -0.138. The maximum absolute atomic E-state index is 12.9. The molecule has 1 aliphatic heterocycles. The van der Waals surface area contributed by atoms with Crippen LogP contribution in [-0.2, 0) is 14.3 Å². The van der Waals surface area contributed by atoms with Gasteiger partial charge in [-0.05, 0) is 31.0 Å². The number of halogens is 1. The first kappa shape index (κ1) is 15.2. The van der Waals surface area contributed by atoms with Crippen molar-refractivity contribution < 1.29 is 23.8 Å².